The number of fused-ring (bicyclic) bond motifs is 1. The van der Waals surface area contributed by atoms with Crippen LogP contribution in [-0.2, 0) is 20.4 Å². The van der Waals surface area contributed by atoms with Gasteiger partial charge in [0.05, 0.1) is 17.5 Å². The molecule has 2 atom stereocenters. The van der Waals surface area contributed by atoms with Crippen molar-refractivity contribution in [2.75, 3.05) is 5.75 Å². The van der Waals surface area contributed by atoms with Crippen molar-refractivity contribution in [1.82, 2.24) is 10.3 Å². The van der Waals surface area contributed by atoms with E-state index in [0.717, 1.165) is 0 Å². The Morgan fingerprint density at radius 2 is 1.77 bits per heavy atom. The number of Topliss-reactive ketones (excluding diaryl/α,β-unsaturated/α-hetero) is 1. The van der Waals surface area contributed by atoms with Gasteiger partial charge in [-0.3, -0.25) is 9.59 Å². The van der Waals surface area contributed by atoms with Crippen LogP contribution in [0.3, 0.4) is 0 Å². The normalized spacial score (nSPS) is 13.7. The summed E-state index contributed by atoms with van der Waals surface area (Å²) in [5.74, 6) is -2.70. The third-order valence-corrected chi connectivity index (χ3v) is 6.09. The first-order valence-corrected chi connectivity index (χ1v) is 11.2. The van der Waals surface area contributed by atoms with Crippen molar-refractivity contribution >= 4 is 32.6 Å². The molecule has 0 bridgehead atoms. The van der Waals surface area contributed by atoms with Crippen LogP contribution in [0.2, 0.25) is 0 Å². The van der Waals surface area contributed by atoms with Crippen LogP contribution in [0.25, 0.3) is 11.1 Å². The van der Waals surface area contributed by atoms with Crippen LogP contribution in [0.4, 0.5) is 0 Å². The summed E-state index contributed by atoms with van der Waals surface area (Å²) in [5.41, 5.74) is 1.51. The molecule has 8 nitrogen and oxygen atoms in total. The summed E-state index contributed by atoms with van der Waals surface area (Å²) in [5, 5.41) is 12.5. The van der Waals surface area contributed by atoms with E-state index in [1.807, 2.05) is 0 Å². The fraction of sp³-hybridized carbons (Fsp3) is 0.286. The van der Waals surface area contributed by atoms with Crippen molar-refractivity contribution in [1.29, 1.82) is 0 Å². The predicted molar refractivity (Wildman–Crippen MR) is 111 cm³/mol. The van der Waals surface area contributed by atoms with E-state index >= 15 is 0 Å². The van der Waals surface area contributed by atoms with Crippen molar-refractivity contribution < 1.29 is 27.5 Å². The number of aliphatic hydroxyl groups excluding tert-OH is 1. The van der Waals surface area contributed by atoms with Crippen molar-refractivity contribution in [2.24, 2.45) is 0 Å². The summed E-state index contributed by atoms with van der Waals surface area (Å²) in [6, 6.07) is 14.3. The van der Waals surface area contributed by atoms with Crippen LogP contribution in [0.15, 0.2) is 59.0 Å². The summed E-state index contributed by atoms with van der Waals surface area (Å²) >= 11 is 0. The molecule has 0 saturated heterocycles. The van der Waals surface area contributed by atoms with Crippen LogP contribution in [0, 0.1) is 0 Å². The second-order valence-electron chi connectivity index (χ2n) is 6.88. The van der Waals surface area contributed by atoms with Crippen molar-refractivity contribution in [3.05, 3.63) is 66.1 Å². The maximum atomic E-state index is 12.7. The first-order chi connectivity index (χ1) is 14.3. The SMILES string of the molecule is CC[C@H](NC(=O)[C@@H](O)CS(=O)(=O)Cc1ccccc1)C(=O)c1nc2ccccc2o1. The molecule has 0 radical (unpaired) electrons. The second-order valence-corrected chi connectivity index (χ2v) is 8.99. The van der Waals surface area contributed by atoms with E-state index in [0.29, 0.717) is 16.7 Å². The Kier molecular flexibility index (Phi) is 6.63. The Morgan fingerprint density at radius 1 is 1.10 bits per heavy atom. The summed E-state index contributed by atoms with van der Waals surface area (Å²) in [6.45, 7) is 1.67. The lowest BCUT2D eigenvalue weighted by Gasteiger charge is -2.17. The monoisotopic (exact) mass is 430 g/mol. The molecule has 0 aliphatic rings. The Bertz CT molecular complexity index is 1110. The van der Waals surface area contributed by atoms with Gasteiger partial charge in [0.25, 0.3) is 11.8 Å². The van der Waals surface area contributed by atoms with Gasteiger partial charge in [0.1, 0.15) is 11.6 Å². The van der Waals surface area contributed by atoms with E-state index in [4.69, 9.17) is 4.42 Å². The van der Waals surface area contributed by atoms with Gasteiger partial charge < -0.3 is 14.8 Å². The Morgan fingerprint density at radius 3 is 2.43 bits per heavy atom. The van der Waals surface area contributed by atoms with Gasteiger partial charge in [0.2, 0.25) is 5.78 Å². The fourth-order valence-electron chi connectivity index (χ4n) is 2.95. The standard InChI is InChI=1S/C21H22N2O6S/c1-2-15(19(25)21-23-16-10-6-7-11-18(16)29-21)22-20(26)17(24)13-30(27,28)12-14-8-4-3-5-9-14/h3-11,15,17,24H,2,12-13H2,1H3,(H,22,26)/t15-,17-/m0/s1. The molecule has 3 aromatic rings. The highest BCUT2D eigenvalue weighted by Crippen LogP contribution is 2.16. The number of hydrogen-bond donors (Lipinski definition) is 2. The summed E-state index contributed by atoms with van der Waals surface area (Å²) < 4.78 is 30.0. The number of oxazole rings is 1. The highest BCUT2D eigenvalue weighted by Gasteiger charge is 2.29. The van der Waals surface area contributed by atoms with E-state index in [1.165, 1.54) is 0 Å². The zero-order valence-corrected chi connectivity index (χ0v) is 17.1. The quantitative estimate of drug-likeness (QED) is 0.496. The van der Waals surface area contributed by atoms with E-state index in [2.05, 4.69) is 10.3 Å². The molecule has 9 heteroatoms. The summed E-state index contributed by atoms with van der Waals surface area (Å²) in [6.07, 6.45) is -1.59. The molecule has 1 amide bonds. The van der Waals surface area contributed by atoms with Crippen molar-refractivity contribution in [3.8, 4) is 0 Å². The zero-order valence-electron chi connectivity index (χ0n) is 16.3. The molecule has 158 valence electrons. The number of sulfone groups is 1. The second kappa shape index (κ2) is 9.19. The highest BCUT2D eigenvalue weighted by atomic mass is 32.2. The number of para-hydroxylation sites is 2. The highest BCUT2D eigenvalue weighted by molar-refractivity contribution is 7.90. The molecule has 0 aliphatic heterocycles. The largest absolute Gasteiger partial charge is 0.434 e. The number of amides is 1. The maximum Gasteiger partial charge on any atom is 0.266 e. The van der Waals surface area contributed by atoms with Crippen molar-refractivity contribution in [2.45, 2.75) is 31.2 Å². The zero-order chi connectivity index (χ0) is 21.7. The van der Waals surface area contributed by atoms with Crippen LogP contribution < -0.4 is 5.32 Å². The third kappa shape index (κ3) is 5.31. The molecule has 1 aromatic heterocycles. The molecule has 2 N–H and O–H groups in total. The molecule has 1 heterocycles. The minimum absolute atomic E-state index is 0.158. The summed E-state index contributed by atoms with van der Waals surface area (Å²) in [7, 11) is -3.74. The molecule has 0 unspecified atom stereocenters. The number of benzene rings is 2. The van der Waals surface area contributed by atoms with Gasteiger partial charge in [-0.15, -0.1) is 0 Å². The van der Waals surface area contributed by atoms with Gasteiger partial charge in [-0.25, -0.2) is 13.4 Å². The molecular formula is C21H22N2O6S. The third-order valence-electron chi connectivity index (χ3n) is 4.49. The molecular weight excluding hydrogens is 408 g/mol. The average molecular weight is 430 g/mol. The van der Waals surface area contributed by atoms with Gasteiger partial charge in [-0.05, 0) is 24.1 Å². The molecule has 0 aliphatic carbocycles. The number of nitrogens with zero attached hydrogens (tertiary/aromatic N) is 1. The Labute approximate surface area is 173 Å². The molecule has 0 saturated carbocycles. The van der Waals surface area contributed by atoms with Gasteiger partial charge in [0.15, 0.2) is 15.4 Å². The van der Waals surface area contributed by atoms with E-state index in [9.17, 15) is 23.1 Å². The van der Waals surface area contributed by atoms with Gasteiger partial charge in [-0.1, -0.05) is 49.4 Å². The number of aliphatic hydroxyl groups is 1. The number of nitrogens with one attached hydrogen (secondary N) is 1. The molecule has 0 fully saturated rings. The number of hydrogen-bond acceptors (Lipinski definition) is 7. The van der Waals surface area contributed by atoms with E-state index in [1.54, 1.807) is 61.5 Å². The van der Waals surface area contributed by atoms with Gasteiger partial charge >= 0.3 is 0 Å². The number of ketones is 1. The number of rotatable bonds is 9. The first-order valence-electron chi connectivity index (χ1n) is 9.41. The topological polar surface area (TPSA) is 127 Å². The molecule has 3 rings (SSSR count). The fourth-order valence-corrected chi connectivity index (χ4v) is 4.40. The Balaban J connectivity index is 1.64. The predicted octanol–water partition coefficient (Wildman–Crippen LogP) is 1.88. The first kappa shape index (κ1) is 21.7. The lowest BCUT2D eigenvalue weighted by Crippen LogP contribution is -2.47. The van der Waals surface area contributed by atoms with Crippen LogP contribution in [0.5, 0.6) is 0 Å². The lowest BCUT2D eigenvalue weighted by molar-refractivity contribution is -0.128. The summed E-state index contributed by atoms with van der Waals surface area (Å²) in [4.78, 5) is 29.1. The van der Waals surface area contributed by atoms with Gasteiger partial charge in [-0.2, -0.15) is 0 Å². The maximum absolute atomic E-state index is 12.7. The van der Waals surface area contributed by atoms with Crippen LogP contribution in [0.1, 0.15) is 29.6 Å². The Hall–Kier alpha value is -3.04. The molecule has 2 aromatic carbocycles. The van der Waals surface area contributed by atoms with Crippen LogP contribution in [-0.4, -0.2) is 48.1 Å². The van der Waals surface area contributed by atoms with E-state index in [-0.39, 0.29) is 18.1 Å². The van der Waals surface area contributed by atoms with Gasteiger partial charge in [0, 0.05) is 0 Å². The number of aromatic nitrogens is 1. The molecule has 0 spiro atoms. The number of carbonyl (C=O) groups is 2. The van der Waals surface area contributed by atoms with Crippen molar-refractivity contribution in [3.63, 3.8) is 0 Å². The average Bonchev–Trinajstić information content (AvgIpc) is 3.15. The minimum Gasteiger partial charge on any atom is -0.434 e. The van der Waals surface area contributed by atoms with Crippen LogP contribution >= 0.6 is 0 Å². The lowest BCUT2D eigenvalue weighted by atomic mass is 10.1. The minimum atomic E-state index is -3.74. The molecule has 30 heavy (non-hydrogen) atoms. The van der Waals surface area contributed by atoms with E-state index < -0.39 is 39.4 Å². The number of carbonyl (C=O) groups excluding carboxylic acids is 2. The smallest absolute Gasteiger partial charge is 0.266 e.